The highest BCUT2D eigenvalue weighted by Gasteiger charge is 2.31. The van der Waals surface area contributed by atoms with Crippen LogP contribution < -0.4 is 5.32 Å². The first kappa shape index (κ1) is 16.6. The average molecular weight is 360 g/mol. The Balaban J connectivity index is 1.28. The molecular formula is C23H24N2O2. The fraction of sp³-hybridized carbons (Fsp3) is 0.348. The molecule has 0 spiro atoms. The molecule has 138 valence electrons. The van der Waals surface area contributed by atoms with Gasteiger partial charge in [-0.2, -0.15) is 0 Å². The number of hydrogen-bond donors (Lipinski definition) is 1. The molecule has 2 aromatic carbocycles. The van der Waals surface area contributed by atoms with Gasteiger partial charge in [-0.3, -0.25) is 9.69 Å². The lowest BCUT2D eigenvalue weighted by molar-refractivity contribution is -0.120. The van der Waals surface area contributed by atoms with Crippen LogP contribution in [0.4, 0.5) is 5.69 Å². The Morgan fingerprint density at radius 1 is 1.07 bits per heavy atom. The van der Waals surface area contributed by atoms with Gasteiger partial charge in [-0.05, 0) is 73.5 Å². The van der Waals surface area contributed by atoms with E-state index in [9.17, 15) is 4.79 Å². The first-order valence-corrected chi connectivity index (χ1v) is 9.88. The molecule has 27 heavy (non-hydrogen) atoms. The van der Waals surface area contributed by atoms with Gasteiger partial charge in [-0.15, -0.1) is 0 Å². The molecule has 4 heteroatoms. The van der Waals surface area contributed by atoms with Gasteiger partial charge in [0.05, 0.1) is 12.3 Å². The Kier molecular flexibility index (Phi) is 4.21. The van der Waals surface area contributed by atoms with Gasteiger partial charge in [0.15, 0.2) is 0 Å². The Labute approximate surface area is 159 Å². The second-order valence-corrected chi connectivity index (χ2v) is 7.76. The van der Waals surface area contributed by atoms with Crippen LogP contribution in [0.2, 0.25) is 0 Å². The monoisotopic (exact) mass is 360 g/mol. The van der Waals surface area contributed by atoms with Crippen LogP contribution in [-0.4, -0.2) is 23.4 Å². The Morgan fingerprint density at radius 3 is 2.74 bits per heavy atom. The van der Waals surface area contributed by atoms with Crippen molar-refractivity contribution in [3.8, 4) is 0 Å². The first-order valence-electron chi connectivity index (χ1n) is 9.88. The number of fused-ring (bicyclic) bond motifs is 1. The summed E-state index contributed by atoms with van der Waals surface area (Å²) in [5.41, 5.74) is 4.41. The summed E-state index contributed by atoms with van der Waals surface area (Å²) in [6.07, 6.45) is 6.29. The summed E-state index contributed by atoms with van der Waals surface area (Å²) >= 11 is 0. The summed E-state index contributed by atoms with van der Waals surface area (Å²) in [4.78, 5) is 15.2. The van der Waals surface area contributed by atoms with Crippen LogP contribution in [0.5, 0.6) is 0 Å². The van der Waals surface area contributed by atoms with E-state index >= 15 is 0 Å². The smallest absolute Gasteiger partial charge is 0.241 e. The summed E-state index contributed by atoms with van der Waals surface area (Å²) in [6.45, 7) is 1.72. The minimum Gasteiger partial charge on any atom is -0.464 e. The van der Waals surface area contributed by atoms with E-state index in [1.54, 1.807) is 6.26 Å². The number of carbonyl (C=O) groups is 1. The molecule has 2 fully saturated rings. The lowest BCUT2D eigenvalue weighted by Crippen LogP contribution is -2.39. The van der Waals surface area contributed by atoms with E-state index in [1.807, 2.05) is 30.3 Å². The van der Waals surface area contributed by atoms with Gasteiger partial charge in [0.25, 0.3) is 0 Å². The standard InChI is InChI=1S/C23H24N2O2/c26-23(24-19-10-8-17(9-11-19)16-6-7-16)21-4-2-13-25(21)15-18-3-1-5-22-20(18)12-14-27-22/h1,3,5,8-12,14,16,21H,2,4,6-7,13,15H2,(H,24,26). The van der Waals surface area contributed by atoms with Gasteiger partial charge in [-0.1, -0.05) is 24.3 Å². The zero-order valence-corrected chi connectivity index (χ0v) is 15.4. The third kappa shape index (κ3) is 3.37. The molecule has 1 unspecified atom stereocenters. The minimum absolute atomic E-state index is 0.0738. The molecule has 1 aliphatic carbocycles. The lowest BCUT2D eigenvalue weighted by atomic mass is 10.1. The number of carbonyl (C=O) groups excluding carboxylic acids is 1. The largest absolute Gasteiger partial charge is 0.464 e. The topological polar surface area (TPSA) is 45.5 Å². The summed E-state index contributed by atoms with van der Waals surface area (Å²) in [5, 5.41) is 4.26. The van der Waals surface area contributed by atoms with Crippen LogP contribution in [0.25, 0.3) is 11.0 Å². The van der Waals surface area contributed by atoms with Crippen LogP contribution in [0, 0.1) is 0 Å². The van der Waals surface area contributed by atoms with Crippen LogP contribution in [0.1, 0.15) is 42.7 Å². The highest BCUT2D eigenvalue weighted by molar-refractivity contribution is 5.95. The molecule has 1 N–H and O–H groups in total. The zero-order chi connectivity index (χ0) is 18.2. The summed E-state index contributed by atoms with van der Waals surface area (Å²) in [7, 11) is 0. The maximum atomic E-state index is 12.9. The van der Waals surface area contributed by atoms with Crippen molar-refractivity contribution >= 4 is 22.6 Å². The Hall–Kier alpha value is -2.59. The molecule has 1 saturated heterocycles. The van der Waals surface area contributed by atoms with Gasteiger partial charge in [0.1, 0.15) is 5.58 Å². The van der Waals surface area contributed by atoms with Gasteiger partial charge >= 0.3 is 0 Å². The third-order valence-corrected chi connectivity index (χ3v) is 5.85. The van der Waals surface area contributed by atoms with Crippen molar-refractivity contribution in [2.45, 2.75) is 44.2 Å². The van der Waals surface area contributed by atoms with Gasteiger partial charge in [0, 0.05) is 17.6 Å². The van der Waals surface area contributed by atoms with Crippen molar-refractivity contribution in [2.75, 3.05) is 11.9 Å². The predicted octanol–water partition coefficient (Wildman–Crippen LogP) is 4.91. The molecule has 0 radical (unpaired) electrons. The Morgan fingerprint density at radius 2 is 1.93 bits per heavy atom. The summed E-state index contributed by atoms with van der Waals surface area (Å²) in [6, 6.07) is 16.5. The number of amides is 1. The average Bonchev–Trinajstić information content (AvgIpc) is 3.23. The molecule has 1 aliphatic heterocycles. The summed E-state index contributed by atoms with van der Waals surface area (Å²) in [5.74, 6) is 0.844. The number of nitrogens with zero attached hydrogens (tertiary/aromatic N) is 1. The van der Waals surface area contributed by atoms with E-state index < -0.39 is 0 Å². The fourth-order valence-electron chi connectivity index (χ4n) is 4.21. The summed E-state index contributed by atoms with van der Waals surface area (Å²) < 4.78 is 5.51. The Bertz CT molecular complexity index is 956. The van der Waals surface area contributed by atoms with E-state index in [1.165, 1.54) is 24.0 Å². The predicted molar refractivity (Wildman–Crippen MR) is 107 cm³/mol. The number of likely N-dealkylation sites (tertiary alicyclic amines) is 1. The number of nitrogens with one attached hydrogen (secondary N) is 1. The number of furan rings is 1. The normalized spacial score (nSPS) is 20.2. The molecular weight excluding hydrogens is 336 g/mol. The maximum Gasteiger partial charge on any atom is 0.241 e. The fourth-order valence-corrected chi connectivity index (χ4v) is 4.21. The first-order chi connectivity index (χ1) is 13.3. The van der Waals surface area contributed by atoms with Crippen molar-refractivity contribution in [3.05, 3.63) is 65.9 Å². The van der Waals surface area contributed by atoms with E-state index in [2.05, 4.69) is 28.4 Å². The number of anilines is 1. The third-order valence-electron chi connectivity index (χ3n) is 5.85. The molecule has 4 nitrogen and oxygen atoms in total. The lowest BCUT2D eigenvalue weighted by Gasteiger charge is -2.24. The zero-order valence-electron chi connectivity index (χ0n) is 15.4. The molecule has 3 aromatic rings. The highest BCUT2D eigenvalue weighted by Crippen LogP contribution is 2.40. The van der Waals surface area contributed by atoms with Crippen molar-refractivity contribution in [1.29, 1.82) is 0 Å². The van der Waals surface area contributed by atoms with Gasteiger partial charge < -0.3 is 9.73 Å². The van der Waals surface area contributed by atoms with Crippen molar-refractivity contribution in [1.82, 2.24) is 4.90 Å². The molecule has 1 amide bonds. The highest BCUT2D eigenvalue weighted by atomic mass is 16.3. The van der Waals surface area contributed by atoms with Crippen molar-refractivity contribution in [3.63, 3.8) is 0 Å². The van der Waals surface area contributed by atoms with E-state index in [0.29, 0.717) is 0 Å². The minimum atomic E-state index is -0.0738. The molecule has 1 saturated carbocycles. The van der Waals surface area contributed by atoms with Gasteiger partial charge in [0.2, 0.25) is 5.91 Å². The quantitative estimate of drug-likeness (QED) is 0.703. The SMILES string of the molecule is O=C(Nc1ccc(C2CC2)cc1)C1CCCN1Cc1cccc2occc12. The van der Waals surface area contributed by atoms with Crippen LogP contribution in [0.15, 0.2) is 59.2 Å². The number of benzene rings is 2. The second-order valence-electron chi connectivity index (χ2n) is 7.76. The number of hydrogen-bond acceptors (Lipinski definition) is 3. The molecule has 1 aromatic heterocycles. The van der Waals surface area contributed by atoms with Crippen molar-refractivity contribution < 1.29 is 9.21 Å². The maximum absolute atomic E-state index is 12.9. The van der Waals surface area contributed by atoms with Crippen molar-refractivity contribution in [2.24, 2.45) is 0 Å². The van der Waals surface area contributed by atoms with Gasteiger partial charge in [-0.25, -0.2) is 0 Å². The van der Waals surface area contributed by atoms with E-state index in [-0.39, 0.29) is 11.9 Å². The molecule has 1 atom stereocenters. The van der Waals surface area contributed by atoms with Crippen LogP contribution in [0.3, 0.4) is 0 Å². The molecule has 2 aliphatic rings. The molecule has 0 bridgehead atoms. The van der Waals surface area contributed by atoms with Crippen LogP contribution in [-0.2, 0) is 11.3 Å². The molecule has 5 rings (SSSR count). The number of rotatable bonds is 5. The second kappa shape index (κ2) is 6.86. The molecule has 2 heterocycles. The van der Waals surface area contributed by atoms with E-state index in [0.717, 1.165) is 48.5 Å². The van der Waals surface area contributed by atoms with E-state index in [4.69, 9.17) is 4.42 Å². The van der Waals surface area contributed by atoms with Crippen LogP contribution >= 0.6 is 0 Å².